The quantitative estimate of drug-likeness (QED) is 0.317. The van der Waals surface area contributed by atoms with Crippen molar-refractivity contribution in [1.29, 1.82) is 0 Å². The van der Waals surface area contributed by atoms with Gasteiger partial charge in [0.2, 0.25) is 0 Å². The number of nitro groups is 1. The molecule has 0 radical (unpaired) electrons. The van der Waals surface area contributed by atoms with Gasteiger partial charge in [-0.3, -0.25) is 14.9 Å². The van der Waals surface area contributed by atoms with E-state index in [2.05, 4.69) is 10.6 Å². The van der Waals surface area contributed by atoms with Crippen molar-refractivity contribution in [2.45, 2.75) is 31.7 Å². The van der Waals surface area contributed by atoms with Gasteiger partial charge in [-0.1, -0.05) is 18.2 Å². The van der Waals surface area contributed by atoms with E-state index in [-0.39, 0.29) is 30.5 Å². The molecule has 10 nitrogen and oxygen atoms in total. The van der Waals surface area contributed by atoms with Gasteiger partial charge in [0.15, 0.2) is 17.3 Å². The summed E-state index contributed by atoms with van der Waals surface area (Å²) in [5.74, 6) is 0.0162. The number of ketones is 1. The predicted octanol–water partition coefficient (Wildman–Crippen LogP) is 5.06. The van der Waals surface area contributed by atoms with E-state index in [1.807, 2.05) is 42.5 Å². The number of ether oxygens (including phenoxy) is 3. The monoisotopic (exact) mass is 530 g/mol. The Morgan fingerprint density at radius 2 is 1.67 bits per heavy atom. The SMILES string of the molecule is CCOc1cc([C@H]2Nc3ccccc3NC3=C2C(=O)C[C@@H](c2ccc(OC)c(OC)c2)C3)cc([N+](=O)[O-])c1[O-]. The summed E-state index contributed by atoms with van der Waals surface area (Å²) in [5.41, 5.74) is 3.40. The van der Waals surface area contributed by atoms with Crippen molar-refractivity contribution >= 4 is 22.8 Å². The maximum Gasteiger partial charge on any atom is 0.265 e. The summed E-state index contributed by atoms with van der Waals surface area (Å²) in [5, 5.41) is 31.2. The molecule has 39 heavy (non-hydrogen) atoms. The number of hydrogen-bond acceptors (Lipinski definition) is 9. The van der Waals surface area contributed by atoms with Crippen molar-refractivity contribution < 1.29 is 29.0 Å². The Kier molecular flexibility index (Phi) is 7.02. The number of methoxy groups -OCH3 is 2. The second-order valence-electron chi connectivity index (χ2n) is 9.34. The standard InChI is InChI=1S/C29H29N3O7/c1-4-39-26-15-18(12-22(29(26)34)32(35)36)28-27-21(30-19-7-5-6-8-20(19)31-28)11-17(13-23(27)33)16-9-10-24(37-2)25(14-16)38-3/h5-10,12,14-15,17,28,30-31,34H,4,11,13H2,1-3H3/p-1/t17-,28+/m0/s1. The first-order chi connectivity index (χ1) is 18.8. The van der Waals surface area contributed by atoms with Crippen LogP contribution in [0.4, 0.5) is 17.1 Å². The number of rotatable bonds is 7. The minimum absolute atomic E-state index is 0.111. The van der Waals surface area contributed by atoms with Crippen LogP contribution in [0.3, 0.4) is 0 Å². The molecule has 1 aliphatic carbocycles. The van der Waals surface area contributed by atoms with Crippen LogP contribution in [0.15, 0.2) is 65.9 Å². The number of Topliss-reactive ketones (excluding diaryl/α,β-unsaturated/α-hetero) is 1. The van der Waals surface area contributed by atoms with E-state index in [0.29, 0.717) is 34.8 Å². The molecule has 0 amide bonds. The molecule has 0 fully saturated rings. The van der Waals surface area contributed by atoms with Crippen molar-refractivity contribution in [1.82, 2.24) is 0 Å². The summed E-state index contributed by atoms with van der Waals surface area (Å²) in [7, 11) is 3.14. The average molecular weight is 531 g/mol. The summed E-state index contributed by atoms with van der Waals surface area (Å²) in [4.78, 5) is 24.9. The molecule has 0 spiro atoms. The number of benzene rings is 3. The molecule has 3 aromatic carbocycles. The predicted molar refractivity (Wildman–Crippen MR) is 144 cm³/mol. The number of para-hydroxylation sites is 2. The average Bonchev–Trinajstić information content (AvgIpc) is 3.10. The van der Waals surface area contributed by atoms with Crippen LogP contribution in [0.2, 0.25) is 0 Å². The van der Waals surface area contributed by atoms with Crippen molar-refractivity contribution in [3.05, 3.63) is 87.1 Å². The van der Waals surface area contributed by atoms with Gasteiger partial charge in [-0.05, 0) is 60.7 Å². The van der Waals surface area contributed by atoms with Gasteiger partial charge in [-0.2, -0.15) is 0 Å². The molecule has 0 unspecified atom stereocenters. The van der Waals surface area contributed by atoms with E-state index in [1.54, 1.807) is 21.1 Å². The molecule has 0 bridgehead atoms. The van der Waals surface area contributed by atoms with Crippen LogP contribution in [0.25, 0.3) is 0 Å². The van der Waals surface area contributed by atoms with Gasteiger partial charge in [0.25, 0.3) is 5.69 Å². The zero-order valence-corrected chi connectivity index (χ0v) is 21.8. The van der Waals surface area contributed by atoms with Crippen molar-refractivity contribution in [3.8, 4) is 23.0 Å². The molecule has 2 atom stereocenters. The number of allylic oxidation sites excluding steroid dienone is 1. The Bertz CT molecular complexity index is 1480. The fourth-order valence-corrected chi connectivity index (χ4v) is 5.26. The molecule has 10 heteroatoms. The molecule has 1 aliphatic heterocycles. The normalized spacial score (nSPS) is 18.2. The van der Waals surface area contributed by atoms with Crippen molar-refractivity contribution in [3.63, 3.8) is 0 Å². The number of carbonyl (C=O) groups is 1. The highest BCUT2D eigenvalue weighted by atomic mass is 16.6. The molecular formula is C29H28N3O7-. The zero-order chi connectivity index (χ0) is 27.7. The molecule has 2 aliphatic rings. The fraction of sp³-hybridized carbons (Fsp3) is 0.276. The van der Waals surface area contributed by atoms with Crippen LogP contribution in [0.1, 0.15) is 42.9 Å². The third kappa shape index (κ3) is 4.81. The molecule has 2 N–H and O–H groups in total. The molecule has 0 saturated carbocycles. The highest BCUT2D eigenvalue weighted by Gasteiger charge is 2.37. The van der Waals surface area contributed by atoms with Gasteiger partial charge in [0.05, 0.1) is 43.2 Å². The molecule has 1 heterocycles. The molecule has 0 saturated heterocycles. The second kappa shape index (κ2) is 10.6. The van der Waals surface area contributed by atoms with E-state index in [9.17, 15) is 20.0 Å². The number of nitro benzene ring substituents is 1. The number of hydrogen-bond donors (Lipinski definition) is 2. The second-order valence-corrected chi connectivity index (χ2v) is 9.34. The van der Waals surface area contributed by atoms with E-state index in [1.165, 1.54) is 12.1 Å². The molecular weight excluding hydrogens is 502 g/mol. The fourth-order valence-electron chi connectivity index (χ4n) is 5.26. The first kappa shape index (κ1) is 25.9. The van der Waals surface area contributed by atoms with E-state index < -0.39 is 22.4 Å². The Hall–Kier alpha value is -4.73. The Balaban J connectivity index is 1.63. The smallest absolute Gasteiger partial charge is 0.265 e. The molecule has 202 valence electrons. The number of nitrogens with one attached hydrogen (secondary N) is 2. The Morgan fingerprint density at radius 1 is 0.949 bits per heavy atom. The van der Waals surface area contributed by atoms with Crippen molar-refractivity contribution in [2.24, 2.45) is 0 Å². The van der Waals surface area contributed by atoms with Crippen LogP contribution in [0.5, 0.6) is 23.0 Å². The summed E-state index contributed by atoms with van der Waals surface area (Å²) in [6.45, 7) is 1.86. The lowest BCUT2D eigenvalue weighted by atomic mass is 9.78. The van der Waals surface area contributed by atoms with Gasteiger partial charge in [0, 0.05) is 29.5 Å². The highest BCUT2D eigenvalue weighted by molar-refractivity contribution is 6.01. The third-order valence-corrected chi connectivity index (χ3v) is 7.08. The van der Waals surface area contributed by atoms with Crippen LogP contribution in [-0.2, 0) is 4.79 Å². The van der Waals surface area contributed by atoms with E-state index in [0.717, 1.165) is 16.9 Å². The van der Waals surface area contributed by atoms with Gasteiger partial charge in [-0.15, -0.1) is 0 Å². The number of nitrogens with zero attached hydrogens (tertiary/aromatic N) is 1. The Morgan fingerprint density at radius 3 is 2.36 bits per heavy atom. The van der Waals surface area contributed by atoms with E-state index in [4.69, 9.17) is 14.2 Å². The molecule has 0 aromatic heterocycles. The minimum Gasteiger partial charge on any atom is -0.865 e. The number of fused-ring (bicyclic) bond motifs is 1. The maximum absolute atomic E-state index is 13.9. The molecule has 5 rings (SSSR count). The Labute approximate surface area is 225 Å². The molecule has 3 aromatic rings. The summed E-state index contributed by atoms with van der Waals surface area (Å²) in [6.07, 6.45) is 0.744. The lowest BCUT2D eigenvalue weighted by molar-refractivity contribution is -0.398. The topological polar surface area (TPSA) is 135 Å². The highest BCUT2D eigenvalue weighted by Crippen LogP contribution is 2.47. The van der Waals surface area contributed by atoms with Gasteiger partial charge >= 0.3 is 0 Å². The lowest BCUT2D eigenvalue weighted by Gasteiger charge is -2.30. The summed E-state index contributed by atoms with van der Waals surface area (Å²) >= 11 is 0. The largest absolute Gasteiger partial charge is 0.865 e. The van der Waals surface area contributed by atoms with Crippen molar-refractivity contribution in [2.75, 3.05) is 31.5 Å². The maximum atomic E-state index is 13.9. The van der Waals surface area contributed by atoms with Gasteiger partial charge < -0.3 is 30.0 Å². The van der Waals surface area contributed by atoms with E-state index >= 15 is 0 Å². The van der Waals surface area contributed by atoms with Crippen LogP contribution in [-0.4, -0.2) is 31.5 Å². The summed E-state index contributed by atoms with van der Waals surface area (Å²) < 4.78 is 16.3. The van der Waals surface area contributed by atoms with Crippen LogP contribution < -0.4 is 30.0 Å². The van der Waals surface area contributed by atoms with Gasteiger partial charge in [0.1, 0.15) is 5.75 Å². The first-order valence-electron chi connectivity index (χ1n) is 12.6. The first-order valence-corrected chi connectivity index (χ1v) is 12.6. The zero-order valence-electron chi connectivity index (χ0n) is 21.8. The third-order valence-electron chi connectivity index (χ3n) is 7.08. The van der Waals surface area contributed by atoms with Crippen LogP contribution in [0, 0.1) is 10.1 Å². The van der Waals surface area contributed by atoms with Crippen LogP contribution >= 0.6 is 0 Å². The van der Waals surface area contributed by atoms with Gasteiger partial charge in [-0.25, -0.2) is 0 Å². The minimum atomic E-state index is -0.796. The summed E-state index contributed by atoms with van der Waals surface area (Å²) in [6, 6.07) is 15.1. The lowest BCUT2D eigenvalue weighted by Crippen LogP contribution is -2.27. The number of anilines is 2. The number of carbonyl (C=O) groups excluding carboxylic acids is 1.